The number of ether oxygens (including phenoxy) is 1. The Morgan fingerprint density at radius 1 is 1.02 bits per heavy atom. The quantitative estimate of drug-likeness (QED) is 0.0616. The molecule has 0 amide bonds. The Balaban J connectivity index is 1.34. The molecule has 0 radical (unpaired) electrons. The van der Waals surface area contributed by atoms with Crippen LogP contribution in [-0.4, -0.2) is 59.2 Å². The van der Waals surface area contributed by atoms with Gasteiger partial charge in [-0.2, -0.15) is 0 Å². The summed E-state index contributed by atoms with van der Waals surface area (Å²) in [7, 11) is 0. The standard InChI is InChI=1S/C38H60N4O5/c1-3-41-35(34-21-30(23-42-34)33(24-40-22-27(2)44)29-11-8-9-12-29)26-46-38-19-28(15-17-36(38)45)14-16-32-20-31(25-43)37(47-32)13-7-5-4-6-10-18-39/h15,17,19-21,23,27,29,33,35,40-45H,3-14,16,18,22,24-26,39H2,1-2H3/t27-,33+,35-/m0/s1. The smallest absolute Gasteiger partial charge is 0.161 e. The molecule has 0 saturated heterocycles. The Morgan fingerprint density at radius 3 is 2.55 bits per heavy atom. The molecule has 0 unspecified atom stereocenters. The Kier molecular flexibility index (Phi) is 15.6. The second kappa shape index (κ2) is 19.9. The second-order valence-electron chi connectivity index (χ2n) is 13.4. The van der Waals surface area contributed by atoms with E-state index in [0.29, 0.717) is 37.2 Å². The molecule has 3 atom stereocenters. The number of phenols is 1. The van der Waals surface area contributed by atoms with Crippen LogP contribution in [0, 0.1) is 5.92 Å². The number of nitrogens with two attached hydrogens (primary N) is 1. The Morgan fingerprint density at radius 2 is 1.81 bits per heavy atom. The number of phenolic OH excluding ortho intramolecular Hbond substituents is 1. The first-order valence-corrected chi connectivity index (χ1v) is 18.1. The molecule has 0 bridgehead atoms. The lowest BCUT2D eigenvalue weighted by Gasteiger charge is -2.24. The van der Waals surface area contributed by atoms with Crippen molar-refractivity contribution >= 4 is 0 Å². The largest absolute Gasteiger partial charge is 0.504 e. The van der Waals surface area contributed by atoms with Crippen LogP contribution in [0.4, 0.5) is 0 Å². The van der Waals surface area contributed by atoms with Crippen molar-refractivity contribution < 1.29 is 24.5 Å². The summed E-state index contributed by atoms with van der Waals surface area (Å²) in [5, 5.41) is 37.3. The summed E-state index contributed by atoms with van der Waals surface area (Å²) in [6.45, 7) is 7.24. The summed E-state index contributed by atoms with van der Waals surface area (Å²) in [6.07, 6.45) is 14.7. The van der Waals surface area contributed by atoms with Crippen LogP contribution >= 0.6 is 0 Å². The highest BCUT2D eigenvalue weighted by molar-refractivity contribution is 5.42. The van der Waals surface area contributed by atoms with Crippen LogP contribution in [-0.2, 0) is 25.9 Å². The second-order valence-corrected chi connectivity index (χ2v) is 13.4. The number of aromatic nitrogens is 1. The van der Waals surface area contributed by atoms with Gasteiger partial charge in [-0.1, -0.05) is 45.1 Å². The first-order chi connectivity index (χ1) is 22.9. The van der Waals surface area contributed by atoms with E-state index < -0.39 is 0 Å². The van der Waals surface area contributed by atoms with Gasteiger partial charge in [0.2, 0.25) is 0 Å². The van der Waals surface area contributed by atoms with E-state index in [0.717, 1.165) is 80.1 Å². The molecule has 1 aromatic carbocycles. The summed E-state index contributed by atoms with van der Waals surface area (Å²) >= 11 is 0. The molecule has 262 valence electrons. The van der Waals surface area contributed by atoms with E-state index >= 15 is 0 Å². The maximum atomic E-state index is 10.6. The van der Waals surface area contributed by atoms with Crippen LogP contribution in [0.3, 0.4) is 0 Å². The number of aryl methyl sites for hydroxylation is 3. The minimum atomic E-state index is -0.361. The zero-order valence-corrected chi connectivity index (χ0v) is 28.7. The van der Waals surface area contributed by atoms with Crippen molar-refractivity contribution in [1.82, 2.24) is 15.6 Å². The Hall–Kier alpha value is -2.82. The molecule has 1 aliphatic rings. The number of hydrogen-bond donors (Lipinski definition) is 7. The number of rotatable bonds is 23. The number of aliphatic hydroxyl groups is 2. The highest BCUT2D eigenvalue weighted by Crippen LogP contribution is 2.38. The van der Waals surface area contributed by atoms with Gasteiger partial charge in [0, 0.05) is 49.3 Å². The Bertz CT molecular complexity index is 1300. The van der Waals surface area contributed by atoms with Crippen LogP contribution in [0.2, 0.25) is 0 Å². The number of aliphatic hydroxyl groups excluding tert-OH is 2. The van der Waals surface area contributed by atoms with Gasteiger partial charge in [-0.3, -0.25) is 0 Å². The van der Waals surface area contributed by atoms with Crippen molar-refractivity contribution in [3.63, 3.8) is 0 Å². The van der Waals surface area contributed by atoms with Gasteiger partial charge < -0.3 is 45.8 Å². The average Bonchev–Trinajstić information content (AvgIpc) is 3.85. The lowest BCUT2D eigenvalue weighted by molar-refractivity contribution is 0.189. The summed E-state index contributed by atoms with van der Waals surface area (Å²) in [5.41, 5.74) is 9.88. The molecule has 9 heteroatoms. The maximum absolute atomic E-state index is 10.6. The number of furan rings is 1. The normalized spacial score (nSPS) is 15.7. The molecule has 0 aliphatic heterocycles. The number of benzene rings is 1. The van der Waals surface area contributed by atoms with Crippen molar-refractivity contribution in [1.29, 1.82) is 0 Å². The maximum Gasteiger partial charge on any atom is 0.161 e. The molecule has 4 rings (SSSR count). The van der Waals surface area contributed by atoms with Gasteiger partial charge in [-0.15, -0.1) is 0 Å². The molecular formula is C38H60N4O5. The van der Waals surface area contributed by atoms with Gasteiger partial charge in [0.15, 0.2) is 11.5 Å². The van der Waals surface area contributed by atoms with Gasteiger partial charge in [0.1, 0.15) is 18.1 Å². The highest BCUT2D eigenvalue weighted by Gasteiger charge is 2.28. The molecule has 8 N–H and O–H groups in total. The number of hydrogen-bond acceptors (Lipinski definition) is 8. The monoisotopic (exact) mass is 652 g/mol. The number of likely N-dealkylation sites (N-methyl/N-ethyl adjacent to an activating group) is 1. The van der Waals surface area contributed by atoms with Crippen molar-refractivity contribution in [3.05, 3.63) is 70.4 Å². The predicted octanol–water partition coefficient (Wildman–Crippen LogP) is 6.02. The third-order valence-corrected chi connectivity index (χ3v) is 9.57. The summed E-state index contributed by atoms with van der Waals surface area (Å²) in [6, 6.07) is 9.72. The zero-order chi connectivity index (χ0) is 33.4. The topological polar surface area (TPSA) is 149 Å². The third-order valence-electron chi connectivity index (χ3n) is 9.57. The molecule has 0 spiro atoms. The number of aromatic amines is 1. The van der Waals surface area contributed by atoms with Crippen molar-refractivity contribution in [2.75, 3.05) is 32.8 Å². The van der Waals surface area contributed by atoms with Gasteiger partial charge >= 0.3 is 0 Å². The summed E-state index contributed by atoms with van der Waals surface area (Å²) in [4.78, 5) is 3.51. The van der Waals surface area contributed by atoms with Crippen LogP contribution in [0.1, 0.15) is 117 Å². The predicted molar refractivity (Wildman–Crippen MR) is 188 cm³/mol. The summed E-state index contributed by atoms with van der Waals surface area (Å²) in [5.74, 6) is 3.40. The fraction of sp³-hybridized carbons (Fsp3) is 0.632. The van der Waals surface area contributed by atoms with Crippen molar-refractivity contribution in [2.45, 2.75) is 116 Å². The van der Waals surface area contributed by atoms with E-state index in [1.165, 1.54) is 44.1 Å². The van der Waals surface area contributed by atoms with Crippen LogP contribution < -0.4 is 21.1 Å². The molecule has 1 aliphatic carbocycles. The minimum Gasteiger partial charge on any atom is -0.504 e. The van der Waals surface area contributed by atoms with E-state index in [1.807, 2.05) is 25.1 Å². The van der Waals surface area contributed by atoms with Crippen molar-refractivity contribution in [2.24, 2.45) is 11.7 Å². The lowest BCUT2D eigenvalue weighted by Crippen LogP contribution is -2.31. The highest BCUT2D eigenvalue weighted by atomic mass is 16.5. The molecule has 47 heavy (non-hydrogen) atoms. The minimum absolute atomic E-state index is 0.0143. The lowest BCUT2D eigenvalue weighted by atomic mass is 9.85. The van der Waals surface area contributed by atoms with E-state index in [9.17, 15) is 15.3 Å². The van der Waals surface area contributed by atoms with E-state index in [1.54, 1.807) is 6.07 Å². The SMILES string of the molecule is CCN[C@@H](COc1cc(CCc2cc(CO)c(CCCCCCCN)o2)ccc1O)c1cc([C@H](CNC[C@H](C)O)C2CCCC2)c[nH]1. The first-order valence-electron chi connectivity index (χ1n) is 18.1. The molecule has 9 nitrogen and oxygen atoms in total. The average molecular weight is 653 g/mol. The third kappa shape index (κ3) is 11.7. The van der Waals surface area contributed by atoms with Gasteiger partial charge in [-0.25, -0.2) is 0 Å². The van der Waals surface area contributed by atoms with Crippen LogP contribution in [0.5, 0.6) is 11.5 Å². The molecule has 1 saturated carbocycles. The van der Waals surface area contributed by atoms with Crippen molar-refractivity contribution in [3.8, 4) is 11.5 Å². The number of nitrogens with one attached hydrogen (secondary N) is 3. The number of aromatic hydroxyl groups is 1. The van der Waals surface area contributed by atoms with Crippen LogP contribution in [0.15, 0.2) is 40.9 Å². The Labute approximate surface area is 281 Å². The van der Waals surface area contributed by atoms with E-state index in [4.69, 9.17) is 14.9 Å². The fourth-order valence-electron chi connectivity index (χ4n) is 6.94. The molecule has 2 aromatic heterocycles. The fourth-order valence-corrected chi connectivity index (χ4v) is 6.94. The van der Waals surface area contributed by atoms with Crippen LogP contribution in [0.25, 0.3) is 0 Å². The number of unbranched alkanes of at least 4 members (excludes halogenated alkanes) is 4. The molecule has 1 fully saturated rings. The number of H-pyrrole nitrogens is 1. The first kappa shape index (κ1) is 37.0. The van der Waals surface area contributed by atoms with E-state index in [2.05, 4.69) is 34.8 Å². The molecule has 2 heterocycles. The van der Waals surface area contributed by atoms with E-state index in [-0.39, 0.29) is 24.5 Å². The zero-order valence-electron chi connectivity index (χ0n) is 28.7. The molecular weight excluding hydrogens is 592 g/mol. The van der Waals surface area contributed by atoms with Gasteiger partial charge in [0.25, 0.3) is 0 Å². The van der Waals surface area contributed by atoms with Gasteiger partial charge in [0.05, 0.1) is 18.8 Å². The summed E-state index contributed by atoms with van der Waals surface area (Å²) < 4.78 is 12.4. The van der Waals surface area contributed by atoms with Gasteiger partial charge in [-0.05, 0) is 93.4 Å². The molecule has 3 aromatic rings.